The lowest BCUT2D eigenvalue weighted by molar-refractivity contribution is 0.475. The molecule has 2 N–H and O–H groups in total. The Morgan fingerprint density at radius 3 is 1.35 bits per heavy atom. The van der Waals surface area contributed by atoms with Gasteiger partial charge >= 0.3 is 0 Å². The number of phenolic OH excluding ortho intramolecular Hbond substituents is 2. The predicted molar refractivity (Wildman–Crippen MR) is 80.6 cm³/mol. The maximum Gasteiger partial charge on any atom is 0.116 e. The van der Waals surface area contributed by atoms with Gasteiger partial charge in [0.05, 0.1) is 0 Å². The molecule has 0 amide bonds. The van der Waals surface area contributed by atoms with Crippen LogP contribution < -0.4 is 0 Å². The number of rotatable bonds is 2. The first-order valence-corrected chi connectivity index (χ1v) is 6.42. The van der Waals surface area contributed by atoms with E-state index in [1.54, 1.807) is 24.3 Å². The summed E-state index contributed by atoms with van der Waals surface area (Å²) in [6, 6.07) is 22.3. The van der Waals surface area contributed by atoms with Gasteiger partial charge in [0.2, 0.25) is 0 Å². The van der Waals surface area contributed by atoms with Crippen molar-refractivity contribution in [3.63, 3.8) is 0 Å². The fourth-order valence-electron chi connectivity index (χ4n) is 2.33. The first-order chi connectivity index (χ1) is 9.74. The summed E-state index contributed by atoms with van der Waals surface area (Å²) in [4.78, 5) is 0. The van der Waals surface area contributed by atoms with Crippen molar-refractivity contribution in [3.8, 4) is 33.8 Å². The van der Waals surface area contributed by atoms with Crippen molar-refractivity contribution < 1.29 is 10.2 Å². The van der Waals surface area contributed by atoms with E-state index in [1.807, 2.05) is 48.5 Å². The predicted octanol–water partition coefficient (Wildman–Crippen LogP) is 4.43. The fourth-order valence-corrected chi connectivity index (χ4v) is 2.33. The molecule has 0 bridgehead atoms. The van der Waals surface area contributed by atoms with E-state index in [0.717, 1.165) is 22.3 Å². The van der Waals surface area contributed by atoms with Crippen LogP contribution in [0.3, 0.4) is 0 Å². The molecule has 0 saturated heterocycles. The third-order valence-electron chi connectivity index (χ3n) is 3.24. The molecule has 20 heavy (non-hydrogen) atoms. The number of hydrogen-bond acceptors (Lipinski definition) is 2. The molecule has 2 heteroatoms. The van der Waals surface area contributed by atoms with E-state index in [2.05, 4.69) is 0 Å². The van der Waals surface area contributed by atoms with Crippen molar-refractivity contribution in [2.45, 2.75) is 0 Å². The standard InChI is InChI=1S/C18H14O2/c19-15-7-3-5-13(11-15)17-9-1-2-10-18(17)14-6-4-8-16(20)12-14/h1-12,19-20H. The van der Waals surface area contributed by atoms with Crippen LogP contribution in [0.4, 0.5) is 0 Å². The Morgan fingerprint density at radius 1 is 0.500 bits per heavy atom. The summed E-state index contributed by atoms with van der Waals surface area (Å²) in [6.45, 7) is 0. The van der Waals surface area contributed by atoms with Crippen LogP contribution in [0.25, 0.3) is 22.3 Å². The van der Waals surface area contributed by atoms with E-state index in [9.17, 15) is 10.2 Å². The molecule has 0 aliphatic heterocycles. The van der Waals surface area contributed by atoms with Gasteiger partial charge in [0.1, 0.15) is 11.5 Å². The summed E-state index contributed by atoms with van der Waals surface area (Å²) in [5.74, 6) is 0.487. The van der Waals surface area contributed by atoms with Gasteiger partial charge in [-0.05, 0) is 46.5 Å². The van der Waals surface area contributed by atoms with Crippen molar-refractivity contribution in [2.24, 2.45) is 0 Å². The van der Waals surface area contributed by atoms with E-state index in [-0.39, 0.29) is 11.5 Å². The summed E-state index contributed by atoms with van der Waals surface area (Å²) in [6.07, 6.45) is 0. The maximum atomic E-state index is 9.64. The zero-order chi connectivity index (χ0) is 13.9. The monoisotopic (exact) mass is 262 g/mol. The molecule has 0 aliphatic rings. The Morgan fingerprint density at radius 2 is 0.950 bits per heavy atom. The quantitative estimate of drug-likeness (QED) is 0.717. The molecule has 0 heterocycles. The van der Waals surface area contributed by atoms with E-state index < -0.39 is 0 Å². The molecule has 0 spiro atoms. The smallest absolute Gasteiger partial charge is 0.116 e. The summed E-state index contributed by atoms with van der Waals surface area (Å²) in [5.41, 5.74) is 3.94. The second-order valence-corrected chi connectivity index (χ2v) is 4.65. The van der Waals surface area contributed by atoms with Gasteiger partial charge < -0.3 is 10.2 Å². The van der Waals surface area contributed by atoms with Gasteiger partial charge in [0.25, 0.3) is 0 Å². The first-order valence-electron chi connectivity index (χ1n) is 6.42. The van der Waals surface area contributed by atoms with Crippen molar-refractivity contribution in [1.82, 2.24) is 0 Å². The average Bonchev–Trinajstić information content (AvgIpc) is 2.47. The molecule has 0 atom stereocenters. The normalized spacial score (nSPS) is 10.4. The van der Waals surface area contributed by atoms with Gasteiger partial charge in [0.15, 0.2) is 0 Å². The molecule has 0 saturated carbocycles. The van der Waals surface area contributed by atoms with Crippen molar-refractivity contribution in [2.75, 3.05) is 0 Å². The summed E-state index contributed by atoms with van der Waals surface area (Å²) in [5, 5.41) is 19.3. The lowest BCUT2D eigenvalue weighted by atomic mass is 9.94. The van der Waals surface area contributed by atoms with Gasteiger partial charge in [-0.2, -0.15) is 0 Å². The number of hydrogen-bond donors (Lipinski definition) is 2. The minimum absolute atomic E-state index is 0.244. The molecule has 0 radical (unpaired) electrons. The third-order valence-corrected chi connectivity index (χ3v) is 3.24. The summed E-state index contributed by atoms with van der Waals surface area (Å²) >= 11 is 0. The Kier molecular flexibility index (Phi) is 3.13. The van der Waals surface area contributed by atoms with E-state index >= 15 is 0 Å². The number of benzene rings is 3. The Hall–Kier alpha value is -2.74. The van der Waals surface area contributed by atoms with E-state index in [1.165, 1.54) is 0 Å². The third kappa shape index (κ3) is 2.36. The van der Waals surface area contributed by atoms with Gasteiger partial charge in [-0.25, -0.2) is 0 Å². The molecule has 2 nitrogen and oxygen atoms in total. The second-order valence-electron chi connectivity index (χ2n) is 4.65. The SMILES string of the molecule is Oc1cccc(-c2ccccc2-c2cccc(O)c2)c1. The minimum atomic E-state index is 0.244. The average molecular weight is 262 g/mol. The highest BCUT2D eigenvalue weighted by Gasteiger charge is 2.07. The minimum Gasteiger partial charge on any atom is -0.508 e. The van der Waals surface area contributed by atoms with Crippen LogP contribution in [0, 0.1) is 0 Å². The van der Waals surface area contributed by atoms with Crippen molar-refractivity contribution in [1.29, 1.82) is 0 Å². The second kappa shape index (κ2) is 5.10. The number of aromatic hydroxyl groups is 2. The Labute approximate surface area is 117 Å². The van der Waals surface area contributed by atoms with Crippen molar-refractivity contribution >= 4 is 0 Å². The molecule has 0 aliphatic carbocycles. The molecule has 3 aromatic carbocycles. The molecular formula is C18H14O2. The zero-order valence-electron chi connectivity index (χ0n) is 10.8. The van der Waals surface area contributed by atoms with Gasteiger partial charge in [-0.15, -0.1) is 0 Å². The van der Waals surface area contributed by atoms with Crippen LogP contribution in [0.2, 0.25) is 0 Å². The van der Waals surface area contributed by atoms with E-state index in [4.69, 9.17) is 0 Å². The molecule has 0 aromatic heterocycles. The molecule has 98 valence electrons. The molecule has 0 unspecified atom stereocenters. The van der Waals surface area contributed by atoms with Gasteiger partial charge in [-0.1, -0.05) is 48.5 Å². The molecule has 3 rings (SSSR count). The van der Waals surface area contributed by atoms with Gasteiger partial charge in [-0.3, -0.25) is 0 Å². The van der Waals surface area contributed by atoms with Crippen LogP contribution in [0.5, 0.6) is 11.5 Å². The van der Waals surface area contributed by atoms with Crippen LogP contribution in [-0.2, 0) is 0 Å². The highest BCUT2D eigenvalue weighted by molar-refractivity contribution is 5.84. The first kappa shape index (κ1) is 12.3. The summed E-state index contributed by atoms with van der Waals surface area (Å²) in [7, 11) is 0. The fraction of sp³-hybridized carbons (Fsp3) is 0. The molecule has 3 aromatic rings. The van der Waals surface area contributed by atoms with Gasteiger partial charge in [0, 0.05) is 0 Å². The molecule has 0 fully saturated rings. The van der Waals surface area contributed by atoms with Crippen molar-refractivity contribution in [3.05, 3.63) is 72.8 Å². The van der Waals surface area contributed by atoms with Crippen LogP contribution in [0.1, 0.15) is 0 Å². The molecular weight excluding hydrogens is 248 g/mol. The lowest BCUT2D eigenvalue weighted by Crippen LogP contribution is -1.84. The van der Waals surface area contributed by atoms with Crippen LogP contribution >= 0.6 is 0 Å². The maximum absolute atomic E-state index is 9.64. The van der Waals surface area contributed by atoms with Crippen LogP contribution in [0.15, 0.2) is 72.8 Å². The lowest BCUT2D eigenvalue weighted by Gasteiger charge is -2.10. The topological polar surface area (TPSA) is 40.5 Å². The largest absolute Gasteiger partial charge is 0.508 e. The zero-order valence-corrected chi connectivity index (χ0v) is 10.8. The highest BCUT2D eigenvalue weighted by atomic mass is 16.3. The Bertz CT molecular complexity index is 683. The Balaban J connectivity index is 2.18. The van der Waals surface area contributed by atoms with Crippen LogP contribution in [-0.4, -0.2) is 10.2 Å². The summed E-state index contributed by atoms with van der Waals surface area (Å²) < 4.78 is 0. The number of phenols is 2. The van der Waals surface area contributed by atoms with E-state index in [0.29, 0.717) is 0 Å². The highest BCUT2D eigenvalue weighted by Crippen LogP contribution is 2.34.